The summed E-state index contributed by atoms with van der Waals surface area (Å²) in [5.41, 5.74) is 0.399. The van der Waals surface area contributed by atoms with Gasteiger partial charge in [0, 0.05) is 6.42 Å². The second-order valence-corrected chi connectivity index (χ2v) is 5.09. The lowest BCUT2D eigenvalue weighted by atomic mass is 9.88. The average molecular weight is 258 g/mol. The molecule has 3 heteroatoms. The van der Waals surface area contributed by atoms with Crippen LogP contribution in [0.3, 0.4) is 0 Å². The van der Waals surface area contributed by atoms with E-state index < -0.39 is 5.54 Å². The van der Waals surface area contributed by atoms with Crippen LogP contribution in [0.5, 0.6) is 0 Å². The third-order valence-electron chi connectivity index (χ3n) is 3.82. The van der Waals surface area contributed by atoms with Gasteiger partial charge in [0.05, 0.1) is 18.8 Å². The van der Waals surface area contributed by atoms with Gasteiger partial charge in [0.1, 0.15) is 5.54 Å². The first-order valence-electron chi connectivity index (χ1n) is 7.14. The van der Waals surface area contributed by atoms with Crippen LogP contribution in [0.15, 0.2) is 30.3 Å². The number of rotatable bonds is 7. The Morgan fingerprint density at radius 3 is 2.63 bits per heavy atom. The maximum Gasteiger partial charge on any atom is 0.134 e. The Labute approximate surface area is 115 Å². The van der Waals surface area contributed by atoms with Crippen LogP contribution in [0, 0.1) is 11.3 Å². The molecule has 0 aromatic heterocycles. The Balaban J connectivity index is 2.03. The highest BCUT2D eigenvalue weighted by molar-refractivity contribution is 5.31. The second kappa shape index (κ2) is 6.70. The molecule has 1 N–H and O–H groups in total. The van der Waals surface area contributed by atoms with Crippen LogP contribution in [0.2, 0.25) is 0 Å². The van der Waals surface area contributed by atoms with Crippen molar-refractivity contribution in [2.24, 2.45) is 0 Å². The molecule has 1 saturated carbocycles. The van der Waals surface area contributed by atoms with E-state index in [4.69, 9.17) is 4.74 Å². The normalized spacial score (nSPS) is 18.3. The highest BCUT2D eigenvalue weighted by atomic mass is 16.5. The Morgan fingerprint density at radius 1 is 1.37 bits per heavy atom. The van der Waals surface area contributed by atoms with Crippen molar-refractivity contribution in [2.75, 3.05) is 13.2 Å². The van der Waals surface area contributed by atoms with Gasteiger partial charge in [-0.05, 0) is 31.4 Å². The fourth-order valence-corrected chi connectivity index (χ4v) is 2.44. The van der Waals surface area contributed by atoms with Crippen LogP contribution >= 0.6 is 0 Å². The number of hydrogen-bond acceptors (Lipinski definition) is 3. The topological polar surface area (TPSA) is 45.0 Å². The van der Waals surface area contributed by atoms with Crippen molar-refractivity contribution in [1.82, 2.24) is 5.32 Å². The van der Waals surface area contributed by atoms with Crippen molar-refractivity contribution in [1.29, 1.82) is 5.26 Å². The van der Waals surface area contributed by atoms with Crippen molar-refractivity contribution in [2.45, 2.75) is 44.2 Å². The molecule has 1 aliphatic rings. The molecular formula is C16H22N2O. The largest absolute Gasteiger partial charge is 0.378 e. The van der Waals surface area contributed by atoms with Crippen LogP contribution in [0.1, 0.15) is 38.2 Å². The molecular weight excluding hydrogens is 236 g/mol. The van der Waals surface area contributed by atoms with E-state index >= 15 is 0 Å². The molecule has 1 aromatic carbocycles. The molecule has 1 fully saturated rings. The molecule has 19 heavy (non-hydrogen) atoms. The molecule has 2 rings (SSSR count). The first-order valence-corrected chi connectivity index (χ1v) is 7.14. The van der Waals surface area contributed by atoms with E-state index in [9.17, 15) is 5.26 Å². The number of nitrogens with zero attached hydrogens (tertiary/aromatic N) is 1. The summed E-state index contributed by atoms with van der Waals surface area (Å²) in [7, 11) is 0. The standard InChI is InChI=1S/C16H22N2O/c1-2-18-16(13-17,14-7-4-3-5-8-14)11-12-19-15-9-6-10-15/h3-5,7-8,15,18H,2,6,9-12H2,1H3. The molecule has 1 aliphatic carbocycles. The number of nitrogens with one attached hydrogen (secondary N) is 1. The van der Waals surface area contributed by atoms with E-state index in [1.165, 1.54) is 19.3 Å². The van der Waals surface area contributed by atoms with Crippen molar-refractivity contribution >= 4 is 0 Å². The Hall–Kier alpha value is -1.37. The summed E-state index contributed by atoms with van der Waals surface area (Å²) in [6.07, 6.45) is 4.74. The third kappa shape index (κ3) is 3.34. The van der Waals surface area contributed by atoms with Crippen LogP contribution in [0.4, 0.5) is 0 Å². The number of hydrogen-bond donors (Lipinski definition) is 1. The van der Waals surface area contributed by atoms with Gasteiger partial charge in [-0.15, -0.1) is 0 Å². The van der Waals surface area contributed by atoms with E-state index in [2.05, 4.69) is 11.4 Å². The quantitative estimate of drug-likeness (QED) is 0.817. The zero-order valence-electron chi connectivity index (χ0n) is 11.6. The zero-order valence-corrected chi connectivity index (χ0v) is 11.6. The van der Waals surface area contributed by atoms with Crippen molar-refractivity contribution in [3.05, 3.63) is 35.9 Å². The molecule has 102 valence electrons. The molecule has 1 unspecified atom stereocenters. The maximum absolute atomic E-state index is 9.63. The van der Waals surface area contributed by atoms with E-state index in [0.29, 0.717) is 19.1 Å². The molecule has 3 nitrogen and oxygen atoms in total. The molecule has 0 bridgehead atoms. The predicted molar refractivity (Wildman–Crippen MR) is 75.6 cm³/mol. The van der Waals surface area contributed by atoms with Crippen molar-refractivity contribution < 1.29 is 4.74 Å². The van der Waals surface area contributed by atoms with Gasteiger partial charge in [0.15, 0.2) is 0 Å². The van der Waals surface area contributed by atoms with E-state index in [-0.39, 0.29) is 0 Å². The minimum atomic E-state index is -0.625. The van der Waals surface area contributed by atoms with Crippen LogP contribution in [-0.2, 0) is 10.3 Å². The Morgan fingerprint density at radius 2 is 2.11 bits per heavy atom. The molecule has 1 atom stereocenters. The summed E-state index contributed by atoms with van der Waals surface area (Å²) >= 11 is 0. The van der Waals surface area contributed by atoms with E-state index in [0.717, 1.165) is 12.1 Å². The molecule has 0 heterocycles. The first-order chi connectivity index (χ1) is 9.30. The summed E-state index contributed by atoms with van der Waals surface area (Å²) < 4.78 is 5.81. The van der Waals surface area contributed by atoms with Crippen molar-refractivity contribution in [3.8, 4) is 6.07 Å². The molecule has 1 aromatic rings. The summed E-state index contributed by atoms with van der Waals surface area (Å²) in [5.74, 6) is 0. The molecule has 0 radical (unpaired) electrons. The Bertz CT molecular complexity index is 422. The van der Waals surface area contributed by atoms with Gasteiger partial charge in [-0.2, -0.15) is 5.26 Å². The average Bonchev–Trinajstić information content (AvgIpc) is 2.41. The number of nitriles is 1. The zero-order chi connectivity index (χ0) is 13.6. The summed E-state index contributed by atoms with van der Waals surface area (Å²) in [4.78, 5) is 0. The van der Waals surface area contributed by atoms with Gasteiger partial charge >= 0.3 is 0 Å². The molecule has 0 spiro atoms. The van der Waals surface area contributed by atoms with Crippen LogP contribution < -0.4 is 5.32 Å². The highest BCUT2D eigenvalue weighted by Crippen LogP contribution is 2.27. The fraction of sp³-hybridized carbons (Fsp3) is 0.562. The minimum Gasteiger partial charge on any atom is -0.378 e. The predicted octanol–water partition coefficient (Wildman–Crippen LogP) is 2.97. The monoisotopic (exact) mass is 258 g/mol. The van der Waals surface area contributed by atoms with Crippen molar-refractivity contribution in [3.63, 3.8) is 0 Å². The first kappa shape index (κ1) is 14.0. The minimum absolute atomic E-state index is 0.425. The lowest BCUT2D eigenvalue weighted by Crippen LogP contribution is -2.42. The third-order valence-corrected chi connectivity index (χ3v) is 3.82. The smallest absolute Gasteiger partial charge is 0.134 e. The lowest BCUT2D eigenvalue weighted by molar-refractivity contribution is -0.00497. The molecule has 0 amide bonds. The molecule has 0 saturated heterocycles. The van der Waals surface area contributed by atoms with Gasteiger partial charge in [-0.25, -0.2) is 0 Å². The SMILES string of the molecule is CCNC(C#N)(CCOC1CCC1)c1ccccc1. The summed E-state index contributed by atoms with van der Waals surface area (Å²) in [5, 5.41) is 13.0. The van der Waals surface area contributed by atoms with Gasteiger partial charge in [-0.3, -0.25) is 5.32 Å². The summed E-state index contributed by atoms with van der Waals surface area (Å²) in [6.45, 7) is 3.44. The van der Waals surface area contributed by atoms with Gasteiger partial charge in [0.25, 0.3) is 0 Å². The van der Waals surface area contributed by atoms with E-state index in [1.54, 1.807) is 0 Å². The number of ether oxygens (including phenoxy) is 1. The lowest BCUT2D eigenvalue weighted by Gasteiger charge is -2.31. The van der Waals surface area contributed by atoms with E-state index in [1.807, 2.05) is 37.3 Å². The second-order valence-electron chi connectivity index (χ2n) is 5.09. The van der Waals surface area contributed by atoms with Gasteiger partial charge < -0.3 is 4.74 Å². The fourth-order valence-electron chi connectivity index (χ4n) is 2.44. The van der Waals surface area contributed by atoms with Gasteiger partial charge in [0.2, 0.25) is 0 Å². The van der Waals surface area contributed by atoms with Gasteiger partial charge in [-0.1, -0.05) is 37.3 Å². The maximum atomic E-state index is 9.63. The van der Waals surface area contributed by atoms with Crippen LogP contribution in [0.25, 0.3) is 0 Å². The highest BCUT2D eigenvalue weighted by Gasteiger charge is 2.31. The van der Waals surface area contributed by atoms with Crippen LogP contribution in [-0.4, -0.2) is 19.3 Å². The molecule has 0 aliphatic heterocycles. The Kier molecular flexibility index (Phi) is 4.95. The summed E-state index contributed by atoms with van der Waals surface area (Å²) in [6, 6.07) is 12.4. The number of benzene rings is 1.